The molecule has 1 fully saturated rings. The first-order valence-electron chi connectivity index (χ1n) is 10.1. The highest BCUT2D eigenvalue weighted by Gasteiger charge is 2.39. The molecule has 2 heterocycles. The molecule has 4 rings (SSSR count). The van der Waals surface area contributed by atoms with Gasteiger partial charge in [0.05, 0.1) is 31.6 Å². The minimum atomic E-state index is -0.413. The first-order valence-corrected chi connectivity index (χ1v) is 10.1. The molecule has 7 nitrogen and oxygen atoms in total. The number of ether oxygens (including phenoxy) is 2. The molecule has 1 saturated heterocycles. The van der Waals surface area contributed by atoms with Gasteiger partial charge in [0.2, 0.25) is 0 Å². The first kappa shape index (κ1) is 21.0. The van der Waals surface area contributed by atoms with Crippen molar-refractivity contribution < 1.29 is 23.5 Å². The van der Waals surface area contributed by atoms with Crippen LogP contribution >= 0.6 is 0 Å². The average molecular weight is 425 g/mol. The number of amides is 2. The van der Waals surface area contributed by atoms with Crippen molar-refractivity contribution in [3.05, 3.63) is 65.6 Å². The highest BCUT2D eigenvalue weighted by Crippen LogP contribution is 2.33. The zero-order chi connectivity index (χ0) is 21.8. The van der Waals surface area contributed by atoms with Crippen LogP contribution in [-0.4, -0.2) is 68.1 Å². The Labute approximate surface area is 180 Å². The molecule has 2 aliphatic rings. The monoisotopic (exact) mass is 425 g/mol. The van der Waals surface area contributed by atoms with E-state index < -0.39 is 17.6 Å². The molecule has 2 amide bonds. The summed E-state index contributed by atoms with van der Waals surface area (Å²) in [5.41, 5.74) is 1.42. The van der Waals surface area contributed by atoms with Gasteiger partial charge in [-0.2, -0.15) is 0 Å². The van der Waals surface area contributed by atoms with E-state index in [4.69, 9.17) is 9.47 Å². The van der Waals surface area contributed by atoms with Crippen LogP contribution in [0.4, 0.5) is 10.1 Å². The van der Waals surface area contributed by atoms with Gasteiger partial charge in [-0.25, -0.2) is 4.39 Å². The highest BCUT2D eigenvalue weighted by atomic mass is 19.1. The summed E-state index contributed by atoms with van der Waals surface area (Å²) in [6.45, 7) is 3.64. The second-order valence-corrected chi connectivity index (χ2v) is 7.30. The summed E-state index contributed by atoms with van der Waals surface area (Å²) in [5, 5.41) is 3.09. The second kappa shape index (κ2) is 9.28. The average Bonchev–Trinajstić information content (AvgIpc) is 3.03. The van der Waals surface area contributed by atoms with Crippen molar-refractivity contribution in [3.63, 3.8) is 0 Å². The third kappa shape index (κ3) is 4.45. The number of benzene rings is 2. The smallest absolute Gasteiger partial charge is 0.278 e. The van der Waals surface area contributed by atoms with E-state index in [0.29, 0.717) is 36.8 Å². The number of imide groups is 1. The number of carbonyl (C=O) groups excluding carboxylic acids is 2. The van der Waals surface area contributed by atoms with Crippen LogP contribution in [0.1, 0.15) is 5.56 Å². The highest BCUT2D eigenvalue weighted by molar-refractivity contribution is 6.36. The van der Waals surface area contributed by atoms with E-state index in [1.165, 1.54) is 36.3 Å². The van der Waals surface area contributed by atoms with Gasteiger partial charge in [-0.3, -0.25) is 19.4 Å². The molecule has 8 heteroatoms. The van der Waals surface area contributed by atoms with Crippen LogP contribution in [0.5, 0.6) is 5.75 Å². The molecule has 0 radical (unpaired) electrons. The van der Waals surface area contributed by atoms with Gasteiger partial charge in [-0.1, -0.05) is 24.3 Å². The number of hydrogen-bond acceptors (Lipinski definition) is 6. The predicted octanol–water partition coefficient (Wildman–Crippen LogP) is 2.36. The van der Waals surface area contributed by atoms with Crippen molar-refractivity contribution in [1.29, 1.82) is 0 Å². The molecule has 0 saturated carbocycles. The van der Waals surface area contributed by atoms with Crippen molar-refractivity contribution in [3.8, 4) is 5.75 Å². The summed E-state index contributed by atoms with van der Waals surface area (Å²) in [4.78, 5) is 29.9. The van der Waals surface area contributed by atoms with Crippen LogP contribution in [0.2, 0.25) is 0 Å². The van der Waals surface area contributed by atoms with Crippen molar-refractivity contribution in [1.82, 2.24) is 9.80 Å². The lowest BCUT2D eigenvalue weighted by Gasteiger charge is -2.28. The van der Waals surface area contributed by atoms with Gasteiger partial charge < -0.3 is 14.8 Å². The number of halogens is 1. The standard InChI is InChI=1S/C23H24FN3O4/c1-30-19-5-3-2-4-18(19)25-21-20(16-6-8-17(24)9-7-16)22(28)27(23(21)29)11-10-26-12-14-31-15-13-26/h2-9,25H,10-15H2,1H3. The minimum Gasteiger partial charge on any atom is -0.495 e. The van der Waals surface area contributed by atoms with Gasteiger partial charge in [0.25, 0.3) is 11.8 Å². The number of para-hydroxylation sites is 2. The summed E-state index contributed by atoms with van der Waals surface area (Å²) >= 11 is 0. The summed E-state index contributed by atoms with van der Waals surface area (Å²) < 4.78 is 24.2. The van der Waals surface area contributed by atoms with E-state index in [1.807, 2.05) is 6.07 Å². The van der Waals surface area contributed by atoms with Gasteiger partial charge in [-0.15, -0.1) is 0 Å². The molecule has 0 aromatic heterocycles. The Kier molecular flexibility index (Phi) is 6.29. The Balaban J connectivity index is 1.64. The lowest BCUT2D eigenvalue weighted by molar-refractivity contribution is -0.137. The van der Waals surface area contributed by atoms with Crippen molar-refractivity contribution in [2.45, 2.75) is 0 Å². The minimum absolute atomic E-state index is 0.156. The summed E-state index contributed by atoms with van der Waals surface area (Å²) in [6.07, 6.45) is 0. The van der Waals surface area contributed by atoms with Crippen molar-refractivity contribution in [2.24, 2.45) is 0 Å². The van der Waals surface area contributed by atoms with Gasteiger partial charge in [0, 0.05) is 26.2 Å². The van der Waals surface area contributed by atoms with E-state index in [2.05, 4.69) is 10.2 Å². The Morgan fingerprint density at radius 1 is 1.00 bits per heavy atom. The lowest BCUT2D eigenvalue weighted by Crippen LogP contribution is -2.43. The fourth-order valence-electron chi connectivity index (χ4n) is 3.73. The van der Waals surface area contributed by atoms with Gasteiger partial charge in [-0.05, 0) is 29.8 Å². The molecule has 31 heavy (non-hydrogen) atoms. The lowest BCUT2D eigenvalue weighted by atomic mass is 10.0. The molecule has 162 valence electrons. The number of carbonyl (C=O) groups is 2. The molecule has 0 atom stereocenters. The van der Waals surface area contributed by atoms with Crippen LogP contribution < -0.4 is 10.1 Å². The maximum Gasteiger partial charge on any atom is 0.278 e. The summed E-state index contributed by atoms with van der Waals surface area (Å²) in [5.74, 6) is -0.684. The Bertz CT molecular complexity index is 1000. The van der Waals surface area contributed by atoms with Gasteiger partial charge in [0.1, 0.15) is 17.3 Å². The zero-order valence-electron chi connectivity index (χ0n) is 17.3. The molecule has 0 aliphatic carbocycles. The number of anilines is 1. The number of methoxy groups -OCH3 is 1. The largest absolute Gasteiger partial charge is 0.495 e. The van der Waals surface area contributed by atoms with Gasteiger partial charge in [0.15, 0.2) is 0 Å². The summed E-state index contributed by atoms with van der Waals surface area (Å²) in [6, 6.07) is 12.7. The van der Waals surface area contributed by atoms with Crippen molar-refractivity contribution in [2.75, 3.05) is 51.8 Å². The van der Waals surface area contributed by atoms with Crippen LogP contribution in [0.25, 0.3) is 5.57 Å². The Morgan fingerprint density at radius 2 is 1.71 bits per heavy atom. The Hall–Kier alpha value is -3.23. The number of nitrogens with one attached hydrogen (secondary N) is 1. The molecule has 0 bridgehead atoms. The third-order valence-electron chi connectivity index (χ3n) is 5.41. The van der Waals surface area contributed by atoms with Crippen LogP contribution in [0, 0.1) is 5.82 Å². The molecular formula is C23H24FN3O4. The van der Waals surface area contributed by atoms with Gasteiger partial charge >= 0.3 is 0 Å². The second-order valence-electron chi connectivity index (χ2n) is 7.30. The number of morpholine rings is 1. The van der Waals surface area contributed by atoms with E-state index >= 15 is 0 Å². The first-order chi connectivity index (χ1) is 15.1. The maximum atomic E-state index is 13.5. The van der Waals surface area contributed by atoms with E-state index in [0.717, 1.165) is 13.1 Å². The number of hydrogen-bond donors (Lipinski definition) is 1. The predicted molar refractivity (Wildman–Crippen MR) is 114 cm³/mol. The molecular weight excluding hydrogens is 401 g/mol. The fraction of sp³-hybridized carbons (Fsp3) is 0.304. The molecule has 1 N–H and O–H groups in total. The third-order valence-corrected chi connectivity index (χ3v) is 5.41. The van der Waals surface area contributed by atoms with Crippen LogP contribution in [0.15, 0.2) is 54.2 Å². The summed E-state index contributed by atoms with van der Waals surface area (Å²) in [7, 11) is 1.53. The molecule has 2 aliphatic heterocycles. The van der Waals surface area contributed by atoms with E-state index in [1.54, 1.807) is 18.2 Å². The zero-order valence-corrected chi connectivity index (χ0v) is 17.3. The number of rotatable bonds is 7. The molecule has 0 unspecified atom stereocenters. The molecule has 2 aromatic rings. The normalized spacial score (nSPS) is 17.4. The van der Waals surface area contributed by atoms with Crippen LogP contribution in [-0.2, 0) is 14.3 Å². The maximum absolute atomic E-state index is 13.5. The Morgan fingerprint density at radius 3 is 2.42 bits per heavy atom. The topological polar surface area (TPSA) is 71.1 Å². The number of nitrogens with zero attached hydrogens (tertiary/aromatic N) is 2. The van der Waals surface area contributed by atoms with Crippen LogP contribution in [0.3, 0.4) is 0 Å². The van der Waals surface area contributed by atoms with E-state index in [9.17, 15) is 14.0 Å². The quantitative estimate of drug-likeness (QED) is 0.687. The van der Waals surface area contributed by atoms with E-state index in [-0.39, 0.29) is 17.8 Å². The SMILES string of the molecule is COc1ccccc1NC1=C(c2ccc(F)cc2)C(=O)N(CCN2CCOCC2)C1=O. The van der Waals surface area contributed by atoms with Crippen molar-refractivity contribution >= 4 is 23.1 Å². The fourth-order valence-corrected chi connectivity index (χ4v) is 3.73. The molecule has 0 spiro atoms. The molecule has 2 aromatic carbocycles.